The van der Waals surface area contributed by atoms with Gasteiger partial charge in [-0.3, -0.25) is 4.79 Å². The molecule has 6 heteroatoms. The molecule has 0 aromatic carbocycles. The summed E-state index contributed by atoms with van der Waals surface area (Å²) in [5.41, 5.74) is 0. The molecule has 5 nitrogen and oxygen atoms in total. The third kappa shape index (κ3) is 3.79. The SMILES string of the molecule is CC1CCN(S(=O)(=O)CCC(=O)O)CC1. The Morgan fingerprint density at radius 3 is 2.40 bits per heavy atom. The van der Waals surface area contributed by atoms with E-state index in [-0.39, 0.29) is 12.2 Å². The zero-order chi connectivity index (χ0) is 11.5. The Morgan fingerprint density at radius 1 is 1.40 bits per heavy atom. The minimum atomic E-state index is -3.35. The average molecular weight is 235 g/mol. The van der Waals surface area contributed by atoms with Crippen molar-refractivity contribution in [1.82, 2.24) is 4.31 Å². The maximum atomic E-state index is 11.7. The van der Waals surface area contributed by atoms with E-state index in [1.165, 1.54) is 4.31 Å². The first-order valence-corrected chi connectivity index (χ1v) is 6.72. The van der Waals surface area contributed by atoms with Gasteiger partial charge in [-0.1, -0.05) is 6.92 Å². The van der Waals surface area contributed by atoms with Crippen molar-refractivity contribution < 1.29 is 18.3 Å². The summed E-state index contributed by atoms with van der Waals surface area (Å²) in [4.78, 5) is 10.3. The van der Waals surface area contributed by atoms with Crippen molar-refractivity contribution in [3.63, 3.8) is 0 Å². The van der Waals surface area contributed by atoms with Crippen LogP contribution in [0.4, 0.5) is 0 Å². The lowest BCUT2D eigenvalue weighted by molar-refractivity contribution is -0.136. The number of rotatable bonds is 4. The molecule has 1 aliphatic heterocycles. The molecule has 0 aromatic heterocycles. The summed E-state index contributed by atoms with van der Waals surface area (Å²) in [7, 11) is -3.35. The van der Waals surface area contributed by atoms with Crippen molar-refractivity contribution >= 4 is 16.0 Å². The summed E-state index contributed by atoms with van der Waals surface area (Å²) in [5, 5.41) is 8.43. The quantitative estimate of drug-likeness (QED) is 0.771. The van der Waals surface area contributed by atoms with E-state index in [2.05, 4.69) is 6.92 Å². The predicted molar refractivity (Wildman–Crippen MR) is 56.0 cm³/mol. The highest BCUT2D eigenvalue weighted by Crippen LogP contribution is 2.19. The van der Waals surface area contributed by atoms with E-state index in [1.807, 2.05) is 0 Å². The minimum Gasteiger partial charge on any atom is -0.481 e. The molecular formula is C9H17NO4S. The highest BCUT2D eigenvalue weighted by Gasteiger charge is 2.26. The molecule has 1 heterocycles. The molecule has 15 heavy (non-hydrogen) atoms. The number of hydrogen-bond acceptors (Lipinski definition) is 3. The predicted octanol–water partition coefficient (Wildman–Crippen LogP) is 0.523. The Hall–Kier alpha value is -0.620. The van der Waals surface area contributed by atoms with Crippen molar-refractivity contribution in [3.05, 3.63) is 0 Å². The van der Waals surface area contributed by atoms with Gasteiger partial charge in [-0.05, 0) is 18.8 Å². The van der Waals surface area contributed by atoms with Gasteiger partial charge in [-0.2, -0.15) is 0 Å². The van der Waals surface area contributed by atoms with Gasteiger partial charge in [0.05, 0.1) is 12.2 Å². The lowest BCUT2D eigenvalue weighted by Crippen LogP contribution is -2.39. The van der Waals surface area contributed by atoms with Crippen molar-refractivity contribution in [3.8, 4) is 0 Å². The molecule has 1 fully saturated rings. The Labute approximate surface area is 90.1 Å². The van der Waals surface area contributed by atoms with E-state index >= 15 is 0 Å². The lowest BCUT2D eigenvalue weighted by Gasteiger charge is -2.29. The summed E-state index contributed by atoms with van der Waals surface area (Å²) in [6.07, 6.45) is 1.42. The number of carbonyl (C=O) groups is 1. The first-order valence-electron chi connectivity index (χ1n) is 5.11. The van der Waals surface area contributed by atoms with Crippen LogP contribution in [0.1, 0.15) is 26.2 Å². The largest absolute Gasteiger partial charge is 0.481 e. The maximum absolute atomic E-state index is 11.7. The number of carboxylic acids is 1. The molecule has 1 rings (SSSR count). The Kier molecular flexibility index (Phi) is 4.10. The van der Waals surface area contributed by atoms with E-state index in [4.69, 9.17) is 5.11 Å². The Balaban J connectivity index is 2.50. The van der Waals surface area contributed by atoms with Gasteiger partial charge in [0.25, 0.3) is 0 Å². The number of nitrogens with zero attached hydrogens (tertiary/aromatic N) is 1. The molecule has 1 N–H and O–H groups in total. The number of sulfonamides is 1. The standard InChI is InChI=1S/C9H17NO4S/c1-8-2-5-10(6-3-8)15(13,14)7-4-9(11)12/h8H,2-7H2,1H3,(H,11,12). The summed E-state index contributed by atoms with van der Waals surface area (Å²) >= 11 is 0. The molecule has 0 unspecified atom stereocenters. The van der Waals surface area contributed by atoms with Crippen LogP contribution in [0.2, 0.25) is 0 Å². The summed E-state index contributed by atoms with van der Waals surface area (Å²) < 4.78 is 24.7. The molecule has 1 saturated heterocycles. The zero-order valence-corrected chi connectivity index (χ0v) is 9.66. The molecule has 0 atom stereocenters. The van der Waals surface area contributed by atoms with Crippen LogP contribution in [0.3, 0.4) is 0 Å². The molecule has 0 aliphatic carbocycles. The van der Waals surface area contributed by atoms with Gasteiger partial charge in [0.1, 0.15) is 0 Å². The number of piperidine rings is 1. The molecule has 0 saturated carbocycles. The molecule has 0 radical (unpaired) electrons. The van der Waals surface area contributed by atoms with Crippen LogP contribution in [0, 0.1) is 5.92 Å². The second kappa shape index (κ2) is 4.94. The zero-order valence-electron chi connectivity index (χ0n) is 8.85. The second-order valence-electron chi connectivity index (χ2n) is 4.04. The van der Waals surface area contributed by atoms with E-state index in [9.17, 15) is 13.2 Å². The molecule has 0 spiro atoms. The van der Waals surface area contributed by atoms with E-state index < -0.39 is 16.0 Å². The highest BCUT2D eigenvalue weighted by atomic mass is 32.2. The smallest absolute Gasteiger partial charge is 0.304 e. The van der Waals surface area contributed by atoms with Gasteiger partial charge >= 0.3 is 5.97 Å². The van der Waals surface area contributed by atoms with Gasteiger partial charge in [0.15, 0.2) is 0 Å². The number of carboxylic acid groups (broad SMARTS) is 1. The van der Waals surface area contributed by atoms with Gasteiger partial charge in [0.2, 0.25) is 10.0 Å². The van der Waals surface area contributed by atoms with Gasteiger partial charge < -0.3 is 5.11 Å². The van der Waals surface area contributed by atoms with Crippen molar-refractivity contribution in [1.29, 1.82) is 0 Å². The van der Waals surface area contributed by atoms with Crippen LogP contribution in [-0.4, -0.2) is 42.6 Å². The van der Waals surface area contributed by atoms with Gasteiger partial charge in [-0.25, -0.2) is 12.7 Å². The normalized spacial score (nSPS) is 20.3. The summed E-state index contributed by atoms with van der Waals surface area (Å²) in [5.74, 6) is -0.781. The fraction of sp³-hybridized carbons (Fsp3) is 0.889. The third-order valence-electron chi connectivity index (χ3n) is 2.71. The molecule has 88 valence electrons. The summed E-state index contributed by atoms with van der Waals surface area (Å²) in [6.45, 7) is 3.16. The molecule has 0 aromatic rings. The fourth-order valence-corrected chi connectivity index (χ4v) is 3.07. The van der Waals surface area contributed by atoms with E-state index in [1.54, 1.807) is 0 Å². The van der Waals surface area contributed by atoms with Gasteiger partial charge in [0, 0.05) is 13.1 Å². The van der Waals surface area contributed by atoms with E-state index in [0.717, 1.165) is 12.8 Å². The van der Waals surface area contributed by atoms with Crippen molar-refractivity contribution in [2.24, 2.45) is 5.92 Å². The van der Waals surface area contributed by atoms with Crippen molar-refractivity contribution in [2.75, 3.05) is 18.8 Å². The lowest BCUT2D eigenvalue weighted by atomic mass is 10.0. The first-order chi connectivity index (χ1) is 6.92. The number of hydrogen-bond donors (Lipinski definition) is 1. The highest BCUT2D eigenvalue weighted by molar-refractivity contribution is 7.89. The minimum absolute atomic E-state index is 0.281. The van der Waals surface area contributed by atoms with Crippen LogP contribution in [-0.2, 0) is 14.8 Å². The van der Waals surface area contributed by atoms with Crippen LogP contribution >= 0.6 is 0 Å². The monoisotopic (exact) mass is 235 g/mol. The van der Waals surface area contributed by atoms with Crippen molar-refractivity contribution in [2.45, 2.75) is 26.2 Å². The van der Waals surface area contributed by atoms with E-state index in [0.29, 0.717) is 19.0 Å². The second-order valence-corrected chi connectivity index (χ2v) is 6.13. The topological polar surface area (TPSA) is 74.7 Å². The maximum Gasteiger partial charge on any atom is 0.304 e. The Bertz CT molecular complexity index is 317. The fourth-order valence-electron chi connectivity index (χ4n) is 1.61. The molecule has 0 amide bonds. The first kappa shape index (κ1) is 12.4. The molecule has 1 aliphatic rings. The van der Waals surface area contributed by atoms with Crippen LogP contribution < -0.4 is 0 Å². The molecular weight excluding hydrogens is 218 g/mol. The Morgan fingerprint density at radius 2 is 1.93 bits per heavy atom. The number of aliphatic carboxylic acids is 1. The molecule has 0 bridgehead atoms. The third-order valence-corrected chi connectivity index (χ3v) is 4.58. The van der Waals surface area contributed by atoms with Crippen LogP contribution in [0.25, 0.3) is 0 Å². The summed E-state index contributed by atoms with van der Waals surface area (Å²) in [6, 6.07) is 0. The van der Waals surface area contributed by atoms with Crippen LogP contribution in [0.15, 0.2) is 0 Å². The van der Waals surface area contributed by atoms with Crippen LogP contribution in [0.5, 0.6) is 0 Å². The van der Waals surface area contributed by atoms with Gasteiger partial charge in [-0.15, -0.1) is 0 Å². The average Bonchev–Trinajstić information content (AvgIpc) is 2.16.